The van der Waals surface area contributed by atoms with Gasteiger partial charge in [0.1, 0.15) is 11.6 Å². The van der Waals surface area contributed by atoms with Crippen molar-refractivity contribution in [1.82, 2.24) is 4.90 Å². The number of amides is 2. The fourth-order valence-corrected chi connectivity index (χ4v) is 4.54. The lowest BCUT2D eigenvalue weighted by Crippen LogP contribution is -2.51. The van der Waals surface area contributed by atoms with E-state index in [1.54, 1.807) is 29.2 Å². The van der Waals surface area contributed by atoms with Gasteiger partial charge in [-0.1, -0.05) is 25.0 Å². The molecule has 3 N–H and O–H groups in total. The highest BCUT2D eigenvalue weighted by Crippen LogP contribution is 2.26. The summed E-state index contributed by atoms with van der Waals surface area (Å²) in [5, 5.41) is 13.5. The number of nitro groups is 1. The molecule has 3 aromatic carbocycles. The van der Waals surface area contributed by atoms with E-state index in [1.807, 2.05) is 0 Å². The van der Waals surface area contributed by atoms with Crippen molar-refractivity contribution in [3.05, 3.63) is 105 Å². The molecular weight excluding hydrogens is 482 g/mol. The molecule has 0 bridgehead atoms. The van der Waals surface area contributed by atoms with Crippen molar-refractivity contribution >= 4 is 23.2 Å². The van der Waals surface area contributed by atoms with Crippen LogP contribution in [0.3, 0.4) is 0 Å². The summed E-state index contributed by atoms with van der Waals surface area (Å²) in [5.41, 5.74) is 7.65. The molecule has 0 radical (unpaired) electrons. The van der Waals surface area contributed by atoms with Crippen molar-refractivity contribution < 1.29 is 23.3 Å². The molecule has 37 heavy (non-hydrogen) atoms. The van der Waals surface area contributed by atoms with E-state index >= 15 is 0 Å². The topological polar surface area (TPSA) is 119 Å². The zero-order valence-corrected chi connectivity index (χ0v) is 19.9. The Morgan fingerprint density at radius 2 is 1.57 bits per heavy atom. The lowest BCUT2D eigenvalue weighted by atomic mass is 9.89. The van der Waals surface area contributed by atoms with Gasteiger partial charge in [0.15, 0.2) is 0 Å². The third-order valence-corrected chi connectivity index (χ3v) is 6.46. The number of rotatable bonds is 7. The fraction of sp³-hybridized carbons (Fsp3) is 0.259. The van der Waals surface area contributed by atoms with Gasteiger partial charge in [-0.25, -0.2) is 8.78 Å². The number of halogens is 2. The third kappa shape index (κ3) is 6.34. The Morgan fingerprint density at radius 3 is 2.16 bits per heavy atom. The Labute approximate surface area is 212 Å². The first kappa shape index (κ1) is 25.9. The fourth-order valence-electron chi connectivity index (χ4n) is 4.54. The molecular formula is C27H26F2N4O4. The van der Waals surface area contributed by atoms with Crippen LogP contribution < -0.4 is 11.1 Å². The second kappa shape index (κ2) is 11.3. The van der Waals surface area contributed by atoms with Gasteiger partial charge in [0, 0.05) is 53.6 Å². The van der Waals surface area contributed by atoms with Crippen molar-refractivity contribution in [2.45, 2.75) is 44.3 Å². The highest BCUT2D eigenvalue weighted by Gasteiger charge is 2.32. The zero-order chi connectivity index (χ0) is 26.5. The quantitative estimate of drug-likeness (QED) is 0.343. The molecule has 3 aromatic rings. The van der Waals surface area contributed by atoms with Crippen molar-refractivity contribution in [2.24, 2.45) is 5.73 Å². The van der Waals surface area contributed by atoms with Crippen LogP contribution in [0.2, 0.25) is 0 Å². The van der Waals surface area contributed by atoms with Gasteiger partial charge in [-0.3, -0.25) is 19.7 Å². The normalized spacial score (nSPS) is 17.2. The molecule has 0 spiro atoms. The minimum absolute atomic E-state index is 0.0812. The molecule has 2 amide bonds. The van der Waals surface area contributed by atoms with Crippen LogP contribution in [0.4, 0.5) is 20.2 Å². The highest BCUT2D eigenvalue weighted by molar-refractivity contribution is 6.04. The Bertz CT molecular complexity index is 1280. The van der Waals surface area contributed by atoms with Crippen LogP contribution >= 0.6 is 0 Å². The summed E-state index contributed by atoms with van der Waals surface area (Å²) >= 11 is 0. The maximum Gasteiger partial charge on any atom is 0.269 e. The van der Waals surface area contributed by atoms with Crippen LogP contribution in [0, 0.1) is 21.7 Å². The van der Waals surface area contributed by atoms with E-state index in [2.05, 4.69) is 5.32 Å². The predicted octanol–water partition coefficient (Wildman–Crippen LogP) is 5.04. The van der Waals surface area contributed by atoms with E-state index in [0.717, 1.165) is 43.0 Å². The molecule has 0 aliphatic heterocycles. The first-order valence-corrected chi connectivity index (χ1v) is 11.9. The SMILES string of the molecule is NC1CCCCC1N(Cc1ccc(NC(=O)c2ccc([N+](=O)[O-])cc2)cc1)C(=O)c1cc(F)cc(F)c1. The monoisotopic (exact) mass is 508 g/mol. The van der Waals surface area contributed by atoms with Crippen molar-refractivity contribution in [1.29, 1.82) is 0 Å². The molecule has 10 heteroatoms. The summed E-state index contributed by atoms with van der Waals surface area (Å²) in [6.07, 6.45) is 3.29. The number of non-ortho nitro benzene ring substituents is 1. The number of benzene rings is 3. The average Bonchev–Trinajstić information content (AvgIpc) is 2.88. The van der Waals surface area contributed by atoms with Gasteiger partial charge in [0.2, 0.25) is 0 Å². The van der Waals surface area contributed by atoms with Gasteiger partial charge in [-0.2, -0.15) is 0 Å². The summed E-state index contributed by atoms with van der Waals surface area (Å²) in [5.74, 6) is -2.59. The first-order valence-electron chi connectivity index (χ1n) is 11.9. The molecule has 1 saturated carbocycles. The van der Waals surface area contributed by atoms with Gasteiger partial charge < -0.3 is 16.0 Å². The third-order valence-electron chi connectivity index (χ3n) is 6.46. The molecule has 4 rings (SSSR count). The van der Waals surface area contributed by atoms with Gasteiger partial charge in [0.05, 0.1) is 4.92 Å². The molecule has 0 aromatic heterocycles. The van der Waals surface area contributed by atoms with Crippen molar-refractivity contribution in [3.8, 4) is 0 Å². The Morgan fingerprint density at radius 1 is 0.946 bits per heavy atom. The predicted molar refractivity (Wildman–Crippen MR) is 134 cm³/mol. The summed E-state index contributed by atoms with van der Waals surface area (Å²) in [6, 6.07) is 14.3. The maximum atomic E-state index is 13.8. The Hall–Kier alpha value is -4.18. The molecule has 1 fully saturated rings. The summed E-state index contributed by atoms with van der Waals surface area (Å²) in [6.45, 7) is 0.173. The number of anilines is 1. The average molecular weight is 509 g/mol. The second-order valence-electron chi connectivity index (χ2n) is 9.06. The Kier molecular flexibility index (Phi) is 7.88. The van der Waals surface area contributed by atoms with Crippen LogP contribution in [-0.2, 0) is 6.54 Å². The van der Waals surface area contributed by atoms with E-state index in [0.29, 0.717) is 12.1 Å². The summed E-state index contributed by atoms with van der Waals surface area (Å²) < 4.78 is 27.6. The first-order chi connectivity index (χ1) is 17.7. The van der Waals surface area contributed by atoms with E-state index in [-0.39, 0.29) is 35.4 Å². The zero-order valence-electron chi connectivity index (χ0n) is 19.9. The van der Waals surface area contributed by atoms with E-state index in [1.165, 1.54) is 24.3 Å². The lowest BCUT2D eigenvalue weighted by Gasteiger charge is -2.38. The minimum atomic E-state index is -0.829. The standard InChI is InChI=1S/C27H26F2N4O4/c28-20-13-19(14-21(29)15-20)27(35)32(25-4-2-1-3-24(25)30)16-17-5-9-22(10-6-17)31-26(34)18-7-11-23(12-8-18)33(36)37/h5-15,24-25H,1-4,16,30H2,(H,31,34). The largest absolute Gasteiger partial charge is 0.330 e. The van der Waals surface area contributed by atoms with Crippen molar-refractivity contribution in [2.75, 3.05) is 5.32 Å². The number of hydrogen-bond donors (Lipinski definition) is 2. The molecule has 1 aliphatic rings. The van der Waals surface area contributed by atoms with Crippen LogP contribution in [0.1, 0.15) is 52.0 Å². The van der Waals surface area contributed by atoms with E-state index in [4.69, 9.17) is 5.73 Å². The van der Waals surface area contributed by atoms with Crippen molar-refractivity contribution in [3.63, 3.8) is 0 Å². The number of nitrogens with two attached hydrogens (primary N) is 1. The maximum absolute atomic E-state index is 13.8. The number of carbonyl (C=O) groups excluding carboxylic acids is 2. The number of nitro benzene ring substituents is 1. The molecule has 0 saturated heterocycles. The van der Waals surface area contributed by atoms with Gasteiger partial charge >= 0.3 is 0 Å². The Balaban J connectivity index is 1.51. The molecule has 8 nitrogen and oxygen atoms in total. The van der Waals surface area contributed by atoms with Crippen LogP contribution in [0.5, 0.6) is 0 Å². The van der Waals surface area contributed by atoms with Gasteiger partial charge in [0.25, 0.3) is 17.5 Å². The van der Waals surface area contributed by atoms with Gasteiger partial charge in [-0.15, -0.1) is 0 Å². The molecule has 0 heterocycles. The molecule has 2 atom stereocenters. The van der Waals surface area contributed by atoms with Crippen LogP contribution in [0.15, 0.2) is 66.7 Å². The number of carbonyl (C=O) groups is 2. The highest BCUT2D eigenvalue weighted by atomic mass is 19.1. The molecule has 192 valence electrons. The molecule has 2 unspecified atom stereocenters. The lowest BCUT2D eigenvalue weighted by molar-refractivity contribution is -0.384. The summed E-state index contributed by atoms with van der Waals surface area (Å²) in [7, 11) is 0. The van der Waals surface area contributed by atoms with E-state index < -0.39 is 28.4 Å². The van der Waals surface area contributed by atoms with E-state index in [9.17, 15) is 28.5 Å². The number of hydrogen-bond acceptors (Lipinski definition) is 5. The second-order valence-corrected chi connectivity index (χ2v) is 9.06. The number of nitrogens with zero attached hydrogens (tertiary/aromatic N) is 2. The minimum Gasteiger partial charge on any atom is -0.330 e. The number of nitrogens with one attached hydrogen (secondary N) is 1. The van der Waals surface area contributed by atoms with Crippen LogP contribution in [-0.4, -0.2) is 33.7 Å². The molecule has 1 aliphatic carbocycles. The smallest absolute Gasteiger partial charge is 0.269 e. The summed E-state index contributed by atoms with van der Waals surface area (Å²) in [4.78, 5) is 37.7. The van der Waals surface area contributed by atoms with Crippen LogP contribution in [0.25, 0.3) is 0 Å². The van der Waals surface area contributed by atoms with Gasteiger partial charge in [-0.05, 0) is 54.8 Å².